The summed E-state index contributed by atoms with van der Waals surface area (Å²) in [5.74, 6) is 0.785. The second kappa shape index (κ2) is 12.1. The van der Waals surface area contributed by atoms with Crippen molar-refractivity contribution >= 4 is 16.4 Å². The summed E-state index contributed by atoms with van der Waals surface area (Å²) in [4.78, 5) is 17.3. The van der Waals surface area contributed by atoms with Gasteiger partial charge in [0.25, 0.3) is 10.0 Å². The Hall–Kier alpha value is -3.20. The van der Waals surface area contributed by atoms with Crippen LogP contribution >= 0.6 is 0 Å². The number of rotatable bonds is 11. The van der Waals surface area contributed by atoms with Crippen molar-refractivity contribution in [2.24, 2.45) is 0 Å². The van der Waals surface area contributed by atoms with E-state index in [0.29, 0.717) is 45.2 Å². The predicted octanol–water partition coefficient (Wildman–Crippen LogP) is 5.05. The van der Waals surface area contributed by atoms with Crippen LogP contribution in [-0.2, 0) is 26.9 Å². The second-order valence-corrected chi connectivity index (χ2v) is 13.1. The third-order valence-electron chi connectivity index (χ3n) is 8.49. The second-order valence-electron chi connectivity index (χ2n) is 11.3. The molecular weight excluding hydrogens is 522 g/mol. The van der Waals surface area contributed by atoms with Gasteiger partial charge in [0.2, 0.25) is 6.41 Å². The number of amides is 1. The molecular formula is C32H41N3O4S. The Labute approximate surface area is 239 Å². The molecule has 0 atom stereocenters. The minimum absolute atomic E-state index is 0.134. The van der Waals surface area contributed by atoms with E-state index in [4.69, 9.17) is 4.74 Å². The molecule has 40 heavy (non-hydrogen) atoms. The van der Waals surface area contributed by atoms with Crippen LogP contribution in [0.25, 0.3) is 0 Å². The lowest BCUT2D eigenvalue weighted by atomic mass is 9.68. The molecule has 7 nitrogen and oxygen atoms in total. The van der Waals surface area contributed by atoms with E-state index in [2.05, 4.69) is 36.0 Å². The van der Waals surface area contributed by atoms with Crippen LogP contribution in [0.4, 0.5) is 0 Å². The molecule has 0 bridgehead atoms. The smallest absolute Gasteiger partial charge is 0.266 e. The van der Waals surface area contributed by atoms with E-state index in [1.165, 1.54) is 5.56 Å². The Balaban J connectivity index is 1.70. The van der Waals surface area contributed by atoms with Gasteiger partial charge in [0.05, 0.1) is 17.5 Å². The van der Waals surface area contributed by atoms with E-state index >= 15 is 0 Å². The third kappa shape index (κ3) is 5.94. The van der Waals surface area contributed by atoms with Crippen molar-refractivity contribution in [3.05, 3.63) is 95.6 Å². The maximum atomic E-state index is 14.0. The Kier molecular flexibility index (Phi) is 9.02. The lowest BCUT2D eigenvalue weighted by Gasteiger charge is -2.53. The number of carbonyl (C=O) groups excluding carboxylic acids is 1. The van der Waals surface area contributed by atoms with Gasteiger partial charge in [-0.25, -0.2) is 12.7 Å². The number of aryl methyl sites for hydroxylation is 1. The molecule has 0 radical (unpaired) electrons. The van der Waals surface area contributed by atoms with E-state index in [-0.39, 0.29) is 10.4 Å². The van der Waals surface area contributed by atoms with Crippen molar-refractivity contribution in [3.8, 4) is 5.75 Å². The number of benzene rings is 3. The fourth-order valence-electron chi connectivity index (χ4n) is 6.17. The van der Waals surface area contributed by atoms with Crippen molar-refractivity contribution in [3.63, 3.8) is 0 Å². The fourth-order valence-corrected chi connectivity index (χ4v) is 7.74. The van der Waals surface area contributed by atoms with Gasteiger partial charge in [0, 0.05) is 18.6 Å². The van der Waals surface area contributed by atoms with Crippen molar-refractivity contribution in [2.75, 3.05) is 34.8 Å². The largest absolute Gasteiger partial charge is 0.497 e. The average Bonchev–Trinajstić information content (AvgIpc) is 2.94. The molecule has 8 heteroatoms. The molecule has 214 valence electrons. The van der Waals surface area contributed by atoms with Crippen LogP contribution < -0.4 is 4.74 Å². The highest BCUT2D eigenvalue weighted by Gasteiger charge is 2.51. The first kappa shape index (κ1) is 29.8. The molecule has 3 aromatic carbocycles. The minimum atomic E-state index is -4.07. The zero-order chi connectivity index (χ0) is 29.0. The van der Waals surface area contributed by atoms with Crippen LogP contribution in [0.3, 0.4) is 0 Å². The van der Waals surface area contributed by atoms with Crippen molar-refractivity contribution < 1.29 is 17.9 Å². The molecule has 1 fully saturated rings. The number of hydrogen-bond donors (Lipinski definition) is 0. The SMILES string of the molecule is COc1ccc(CN(C)CC2(N(C=O)S(=O)(=O)c3ccc(C)cc3)CCC(c3ccccc3)(N(C)C)CC2)cc1. The van der Waals surface area contributed by atoms with Gasteiger partial charge in [-0.1, -0.05) is 60.2 Å². The number of nitrogens with zero attached hydrogens (tertiary/aromatic N) is 3. The highest BCUT2D eigenvalue weighted by Crippen LogP contribution is 2.47. The summed E-state index contributed by atoms with van der Waals surface area (Å²) < 4.78 is 34.4. The Morgan fingerprint density at radius 2 is 1.45 bits per heavy atom. The first-order valence-corrected chi connectivity index (χ1v) is 15.1. The van der Waals surface area contributed by atoms with Crippen molar-refractivity contribution in [2.45, 2.75) is 55.1 Å². The van der Waals surface area contributed by atoms with Gasteiger partial charge in [-0.05, 0) is 89.1 Å². The monoisotopic (exact) mass is 563 g/mol. The third-order valence-corrected chi connectivity index (χ3v) is 10.4. The summed E-state index contributed by atoms with van der Waals surface area (Å²) in [6.45, 7) is 2.94. The molecule has 0 aliphatic heterocycles. The summed E-state index contributed by atoms with van der Waals surface area (Å²) in [6.07, 6.45) is 3.04. The van der Waals surface area contributed by atoms with Crippen LogP contribution in [0.2, 0.25) is 0 Å². The summed E-state index contributed by atoms with van der Waals surface area (Å²) in [6, 6.07) is 25.0. The van der Waals surface area contributed by atoms with Gasteiger partial charge in [0.15, 0.2) is 0 Å². The van der Waals surface area contributed by atoms with Crippen LogP contribution in [0.1, 0.15) is 42.4 Å². The van der Waals surface area contributed by atoms with E-state index in [1.54, 1.807) is 31.4 Å². The number of sulfonamides is 1. The standard InChI is InChI=1S/C32H41N3O4S/c1-26-11-17-30(18-12-26)40(37,38)35(25-36)31(24-34(4)23-27-13-15-29(39-5)16-14-27)19-21-32(22-20-31,33(2)3)28-9-7-6-8-10-28/h6-18,25H,19-24H2,1-5H3. The summed E-state index contributed by atoms with van der Waals surface area (Å²) in [5, 5.41) is 0. The molecule has 0 N–H and O–H groups in total. The van der Waals surface area contributed by atoms with E-state index in [0.717, 1.165) is 21.2 Å². The maximum Gasteiger partial charge on any atom is 0.266 e. The highest BCUT2D eigenvalue weighted by atomic mass is 32.2. The van der Waals surface area contributed by atoms with Gasteiger partial charge in [0.1, 0.15) is 5.75 Å². The molecule has 0 aromatic heterocycles. The molecule has 0 saturated heterocycles. The number of ether oxygens (including phenoxy) is 1. The predicted molar refractivity (Wildman–Crippen MR) is 159 cm³/mol. The zero-order valence-corrected chi connectivity index (χ0v) is 25.0. The lowest BCUT2D eigenvalue weighted by Crippen LogP contribution is -2.61. The van der Waals surface area contributed by atoms with Gasteiger partial charge in [-0.15, -0.1) is 0 Å². The fraction of sp³-hybridized carbons (Fsp3) is 0.406. The Bertz CT molecular complexity index is 1370. The molecule has 1 amide bonds. The van der Waals surface area contributed by atoms with Crippen LogP contribution in [0, 0.1) is 6.92 Å². The number of methoxy groups -OCH3 is 1. The van der Waals surface area contributed by atoms with Crippen molar-refractivity contribution in [1.29, 1.82) is 0 Å². The van der Waals surface area contributed by atoms with Gasteiger partial charge < -0.3 is 4.74 Å². The minimum Gasteiger partial charge on any atom is -0.497 e. The number of hydrogen-bond acceptors (Lipinski definition) is 6. The van der Waals surface area contributed by atoms with Gasteiger partial charge in [-0.3, -0.25) is 14.6 Å². The summed E-state index contributed by atoms with van der Waals surface area (Å²) >= 11 is 0. The molecule has 0 unspecified atom stereocenters. The summed E-state index contributed by atoms with van der Waals surface area (Å²) in [5.41, 5.74) is 2.10. The summed E-state index contributed by atoms with van der Waals surface area (Å²) in [7, 11) is 3.72. The number of carbonyl (C=O) groups is 1. The molecule has 1 saturated carbocycles. The van der Waals surface area contributed by atoms with Crippen LogP contribution in [0.15, 0.2) is 83.8 Å². The molecule has 3 aromatic rings. The average molecular weight is 564 g/mol. The van der Waals surface area contributed by atoms with Crippen molar-refractivity contribution in [1.82, 2.24) is 14.1 Å². The lowest BCUT2D eigenvalue weighted by molar-refractivity contribution is -0.120. The molecule has 0 spiro atoms. The van der Waals surface area contributed by atoms with E-state index in [9.17, 15) is 13.2 Å². The van der Waals surface area contributed by atoms with Gasteiger partial charge in [-0.2, -0.15) is 0 Å². The first-order chi connectivity index (χ1) is 19.1. The Morgan fingerprint density at radius 1 is 0.850 bits per heavy atom. The van der Waals surface area contributed by atoms with E-state index in [1.807, 2.05) is 56.4 Å². The maximum absolute atomic E-state index is 14.0. The molecule has 1 aliphatic rings. The highest BCUT2D eigenvalue weighted by molar-refractivity contribution is 7.89. The topological polar surface area (TPSA) is 70.2 Å². The number of likely N-dealkylation sites (N-methyl/N-ethyl adjacent to an activating group) is 1. The molecule has 0 heterocycles. The Morgan fingerprint density at radius 3 is 1.98 bits per heavy atom. The van der Waals surface area contributed by atoms with Crippen LogP contribution in [-0.4, -0.2) is 69.3 Å². The van der Waals surface area contributed by atoms with E-state index < -0.39 is 15.6 Å². The van der Waals surface area contributed by atoms with Crippen LogP contribution in [0.5, 0.6) is 5.75 Å². The molecule has 4 rings (SSSR count). The normalized spacial score (nSPS) is 21.4. The molecule has 1 aliphatic carbocycles. The quantitative estimate of drug-likeness (QED) is 0.304. The zero-order valence-electron chi connectivity index (χ0n) is 24.2. The first-order valence-electron chi connectivity index (χ1n) is 13.7. The van der Waals surface area contributed by atoms with Gasteiger partial charge >= 0.3 is 0 Å².